The molecule has 0 saturated heterocycles. The SMILES string of the molecule is CCCCCCN1c2ccccc2Sc2ccc(C(C)OC(=O)NCCC[Si](OCC)(OCC)OCC)cc21. The van der Waals surface area contributed by atoms with E-state index in [0.717, 1.165) is 18.5 Å². The molecule has 216 valence electrons. The third-order valence-electron chi connectivity index (χ3n) is 6.66. The van der Waals surface area contributed by atoms with Gasteiger partial charge in [0.25, 0.3) is 0 Å². The molecule has 1 amide bonds. The molecule has 1 heterocycles. The maximum atomic E-state index is 12.6. The number of para-hydroxylation sites is 1. The summed E-state index contributed by atoms with van der Waals surface area (Å²) in [4.78, 5) is 17.6. The third kappa shape index (κ3) is 8.98. The van der Waals surface area contributed by atoms with Gasteiger partial charge in [-0.3, -0.25) is 0 Å². The van der Waals surface area contributed by atoms with E-state index in [1.165, 1.54) is 40.4 Å². The first kappa shape index (κ1) is 31.5. The Kier molecular flexibility index (Phi) is 13.1. The van der Waals surface area contributed by atoms with Gasteiger partial charge in [0.15, 0.2) is 0 Å². The molecular formula is C30H46N2O5SSi. The molecule has 3 rings (SSSR count). The molecule has 1 N–H and O–H groups in total. The molecule has 1 unspecified atom stereocenters. The smallest absolute Gasteiger partial charge is 0.442 e. The van der Waals surface area contributed by atoms with Crippen LogP contribution >= 0.6 is 11.8 Å². The third-order valence-corrected chi connectivity index (χ3v) is 10.9. The van der Waals surface area contributed by atoms with E-state index in [4.69, 9.17) is 18.0 Å². The number of ether oxygens (including phenoxy) is 1. The summed E-state index contributed by atoms with van der Waals surface area (Å²) in [5.74, 6) is 0. The minimum Gasteiger partial charge on any atom is -0.442 e. The van der Waals surface area contributed by atoms with Crippen LogP contribution in [0.25, 0.3) is 0 Å². The molecular weight excluding hydrogens is 528 g/mol. The fraction of sp³-hybridized carbons (Fsp3) is 0.567. The van der Waals surface area contributed by atoms with Crippen molar-refractivity contribution < 1.29 is 22.8 Å². The minimum absolute atomic E-state index is 0.372. The number of carbonyl (C=O) groups excluding carboxylic acids is 1. The molecule has 0 spiro atoms. The highest BCUT2D eigenvalue weighted by molar-refractivity contribution is 7.99. The van der Waals surface area contributed by atoms with Crippen molar-refractivity contribution in [3.05, 3.63) is 48.0 Å². The lowest BCUT2D eigenvalue weighted by molar-refractivity contribution is 0.0704. The van der Waals surface area contributed by atoms with Crippen LogP contribution in [0.5, 0.6) is 0 Å². The lowest BCUT2D eigenvalue weighted by atomic mass is 10.1. The van der Waals surface area contributed by atoms with Gasteiger partial charge in [-0.1, -0.05) is 56.1 Å². The topological polar surface area (TPSA) is 69.3 Å². The summed E-state index contributed by atoms with van der Waals surface area (Å²) in [5.41, 5.74) is 3.42. The number of carbonyl (C=O) groups is 1. The summed E-state index contributed by atoms with van der Waals surface area (Å²) in [6.45, 7) is 13.1. The van der Waals surface area contributed by atoms with Gasteiger partial charge in [0.1, 0.15) is 6.10 Å². The molecule has 2 aromatic carbocycles. The first-order valence-corrected chi connectivity index (χ1v) is 17.3. The van der Waals surface area contributed by atoms with E-state index < -0.39 is 14.9 Å². The van der Waals surface area contributed by atoms with Crippen molar-refractivity contribution in [1.29, 1.82) is 0 Å². The second kappa shape index (κ2) is 16.3. The molecule has 39 heavy (non-hydrogen) atoms. The van der Waals surface area contributed by atoms with E-state index in [-0.39, 0.29) is 6.10 Å². The van der Waals surface area contributed by atoms with Crippen molar-refractivity contribution >= 4 is 38.0 Å². The first-order chi connectivity index (χ1) is 19.0. The van der Waals surface area contributed by atoms with E-state index in [1.807, 2.05) is 27.7 Å². The van der Waals surface area contributed by atoms with E-state index in [0.29, 0.717) is 38.8 Å². The number of alkyl carbamates (subject to hydrolysis) is 1. The summed E-state index contributed by atoms with van der Waals surface area (Å²) in [6, 6.07) is 15.6. The van der Waals surface area contributed by atoms with Crippen molar-refractivity contribution in [2.75, 3.05) is 37.8 Å². The Morgan fingerprint density at radius 3 is 2.28 bits per heavy atom. The van der Waals surface area contributed by atoms with Gasteiger partial charge < -0.3 is 28.2 Å². The van der Waals surface area contributed by atoms with Crippen LogP contribution in [0, 0.1) is 0 Å². The fourth-order valence-corrected chi connectivity index (χ4v) is 8.49. The summed E-state index contributed by atoms with van der Waals surface area (Å²) in [5, 5.41) is 2.89. The zero-order valence-corrected chi connectivity index (χ0v) is 26.1. The van der Waals surface area contributed by atoms with Crippen LogP contribution in [-0.4, -0.2) is 47.8 Å². The highest BCUT2D eigenvalue weighted by Gasteiger charge is 2.39. The molecule has 0 aliphatic carbocycles. The van der Waals surface area contributed by atoms with Gasteiger partial charge in [-0.2, -0.15) is 0 Å². The average molecular weight is 575 g/mol. The van der Waals surface area contributed by atoms with Crippen LogP contribution < -0.4 is 10.2 Å². The zero-order valence-electron chi connectivity index (χ0n) is 24.3. The van der Waals surface area contributed by atoms with Crippen LogP contribution in [0.2, 0.25) is 6.04 Å². The summed E-state index contributed by atoms with van der Waals surface area (Å²) in [6.07, 6.45) is 4.74. The number of unbranched alkanes of at least 4 members (excludes halogenated alkanes) is 3. The van der Waals surface area contributed by atoms with Crippen molar-refractivity contribution in [3.63, 3.8) is 0 Å². The molecule has 2 aromatic rings. The Hall–Kier alpha value is -2.04. The van der Waals surface area contributed by atoms with Crippen LogP contribution in [0.1, 0.15) is 78.4 Å². The highest BCUT2D eigenvalue weighted by Crippen LogP contribution is 2.48. The maximum Gasteiger partial charge on any atom is 0.500 e. The maximum absolute atomic E-state index is 12.6. The van der Waals surface area contributed by atoms with Gasteiger partial charge in [-0.25, -0.2) is 4.79 Å². The Labute approximate surface area is 240 Å². The zero-order chi connectivity index (χ0) is 28.1. The molecule has 9 heteroatoms. The number of nitrogens with one attached hydrogen (secondary N) is 1. The molecule has 1 aliphatic rings. The fourth-order valence-electron chi connectivity index (χ4n) is 4.80. The molecule has 7 nitrogen and oxygen atoms in total. The van der Waals surface area contributed by atoms with Gasteiger partial charge in [0.2, 0.25) is 0 Å². The van der Waals surface area contributed by atoms with Crippen molar-refractivity contribution in [1.82, 2.24) is 5.32 Å². The van der Waals surface area contributed by atoms with Gasteiger partial charge in [0, 0.05) is 48.7 Å². The van der Waals surface area contributed by atoms with Gasteiger partial charge in [-0.15, -0.1) is 0 Å². The van der Waals surface area contributed by atoms with E-state index in [1.54, 1.807) is 11.8 Å². The number of benzene rings is 2. The van der Waals surface area contributed by atoms with Gasteiger partial charge in [0.05, 0.1) is 11.4 Å². The molecule has 0 aromatic heterocycles. The Bertz CT molecular complexity index is 1020. The lowest BCUT2D eigenvalue weighted by Gasteiger charge is -2.33. The number of hydrogen-bond acceptors (Lipinski definition) is 7. The minimum atomic E-state index is -2.71. The Balaban J connectivity index is 1.60. The molecule has 0 saturated carbocycles. The van der Waals surface area contributed by atoms with Crippen LogP contribution in [0.15, 0.2) is 52.3 Å². The number of fused-ring (bicyclic) bond motifs is 2. The molecule has 1 aliphatic heterocycles. The number of amides is 1. The molecule has 0 radical (unpaired) electrons. The normalized spacial score (nSPS) is 13.5. The van der Waals surface area contributed by atoms with E-state index >= 15 is 0 Å². The largest absolute Gasteiger partial charge is 0.500 e. The summed E-state index contributed by atoms with van der Waals surface area (Å²) in [7, 11) is -2.71. The first-order valence-electron chi connectivity index (χ1n) is 14.5. The Morgan fingerprint density at radius 1 is 0.897 bits per heavy atom. The molecule has 0 fully saturated rings. The predicted molar refractivity (Wildman–Crippen MR) is 161 cm³/mol. The van der Waals surface area contributed by atoms with Crippen LogP contribution in [-0.2, 0) is 18.0 Å². The highest BCUT2D eigenvalue weighted by atomic mass is 32.2. The number of nitrogens with zero attached hydrogens (tertiary/aromatic N) is 1. The van der Waals surface area contributed by atoms with Gasteiger partial charge >= 0.3 is 14.9 Å². The number of hydrogen-bond donors (Lipinski definition) is 1. The Morgan fingerprint density at radius 2 is 1.59 bits per heavy atom. The lowest BCUT2D eigenvalue weighted by Crippen LogP contribution is -2.46. The summed E-state index contributed by atoms with van der Waals surface area (Å²) >= 11 is 1.80. The number of anilines is 2. The van der Waals surface area contributed by atoms with E-state index in [2.05, 4.69) is 59.6 Å². The van der Waals surface area contributed by atoms with Crippen LogP contribution in [0.3, 0.4) is 0 Å². The average Bonchev–Trinajstić information content (AvgIpc) is 2.93. The van der Waals surface area contributed by atoms with Crippen molar-refractivity contribution in [3.8, 4) is 0 Å². The molecule has 0 bridgehead atoms. The number of rotatable bonds is 17. The predicted octanol–water partition coefficient (Wildman–Crippen LogP) is 8.10. The summed E-state index contributed by atoms with van der Waals surface area (Å²) < 4.78 is 23.5. The van der Waals surface area contributed by atoms with Crippen LogP contribution in [0.4, 0.5) is 16.2 Å². The van der Waals surface area contributed by atoms with E-state index in [9.17, 15) is 4.79 Å². The standard InChI is InChI=1S/C30H46N2O5SSi/c1-6-10-11-14-21-32-26-16-12-13-17-28(26)38-29-19-18-25(23-27(29)32)24(5)37-30(33)31-20-15-22-39(34-7-2,35-8-3)36-9-4/h12-13,16-19,23-24H,6-11,14-15,20-22H2,1-5H3,(H,31,33). The quantitative estimate of drug-likeness (QED) is 0.151. The second-order valence-electron chi connectivity index (χ2n) is 9.57. The second-order valence-corrected chi connectivity index (χ2v) is 13.4. The molecule has 1 atom stereocenters. The van der Waals surface area contributed by atoms with Crippen molar-refractivity contribution in [2.24, 2.45) is 0 Å². The monoisotopic (exact) mass is 574 g/mol. The van der Waals surface area contributed by atoms with Crippen molar-refractivity contribution in [2.45, 2.75) is 88.7 Å². The van der Waals surface area contributed by atoms with Gasteiger partial charge in [-0.05, 0) is 70.4 Å².